The first-order chi connectivity index (χ1) is 7.18. The summed E-state index contributed by atoms with van der Waals surface area (Å²) in [4.78, 5) is 0. The van der Waals surface area contributed by atoms with Crippen LogP contribution < -0.4 is 11.1 Å². The smallest absolute Gasteiger partial charge is 0.0717 e. The predicted molar refractivity (Wildman–Crippen MR) is 61.6 cm³/mol. The van der Waals surface area contributed by atoms with Crippen LogP contribution in [-0.4, -0.2) is 29.3 Å². The van der Waals surface area contributed by atoms with Crippen LogP contribution in [0.4, 0.5) is 0 Å². The minimum Gasteiger partial charge on any atom is -0.389 e. The van der Waals surface area contributed by atoms with Gasteiger partial charge in [-0.3, -0.25) is 0 Å². The lowest BCUT2D eigenvalue weighted by Crippen LogP contribution is -2.53. The van der Waals surface area contributed by atoms with Gasteiger partial charge < -0.3 is 16.2 Å². The minimum atomic E-state index is -0.484. The van der Waals surface area contributed by atoms with Gasteiger partial charge in [-0.05, 0) is 44.6 Å². The molecule has 2 aliphatic rings. The fraction of sp³-hybridized carbons (Fsp3) is 1.00. The third kappa shape index (κ3) is 2.19. The lowest BCUT2D eigenvalue weighted by atomic mass is 9.75. The van der Waals surface area contributed by atoms with Gasteiger partial charge in [-0.2, -0.15) is 0 Å². The van der Waals surface area contributed by atoms with Crippen LogP contribution in [0.3, 0.4) is 0 Å². The van der Waals surface area contributed by atoms with Gasteiger partial charge in [0.15, 0.2) is 0 Å². The van der Waals surface area contributed by atoms with Crippen molar-refractivity contribution in [1.82, 2.24) is 5.32 Å². The van der Waals surface area contributed by atoms with E-state index < -0.39 is 5.60 Å². The Hall–Kier alpha value is -0.120. The number of nitrogens with one attached hydrogen (secondary N) is 1. The van der Waals surface area contributed by atoms with Crippen LogP contribution in [0, 0.1) is 5.92 Å². The molecule has 15 heavy (non-hydrogen) atoms. The Kier molecular flexibility index (Phi) is 3.33. The Balaban J connectivity index is 2.04. The summed E-state index contributed by atoms with van der Waals surface area (Å²) in [5.74, 6) is 0.299. The molecule has 0 aliphatic carbocycles. The molecule has 2 saturated heterocycles. The van der Waals surface area contributed by atoms with Gasteiger partial charge in [-0.25, -0.2) is 0 Å². The van der Waals surface area contributed by atoms with Crippen LogP contribution in [0.5, 0.6) is 0 Å². The Morgan fingerprint density at radius 3 is 2.47 bits per heavy atom. The van der Waals surface area contributed by atoms with E-state index >= 15 is 0 Å². The third-order valence-electron chi connectivity index (χ3n) is 4.22. The van der Waals surface area contributed by atoms with Gasteiger partial charge in [0, 0.05) is 12.1 Å². The van der Waals surface area contributed by atoms with Crippen molar-refractivity contribution in [1.29, 1.82) is 0 Å². The van der Waals surface area contributed by atoms with E-state index in [2.05, 4.69) is 12.2 Å². The largest absolute Gasteiger partial charge is 0.389 e. The number of hydrogen-bond donors (Lipinski definition) is 3. The molecule has 3 heteroatoms. The number of piperidine rings is 1. The van der Waals surface area contributed by atoms with Crippen LogP contribution in [0.15, 0.2) is 0 Å². The van der Waals surface area contributed by atoms with Gasteiger partial charge in [0.05, 0.1) is 5.60 Å². The van der Waals surface area contributed by atoms with Crippen LogP contribution >= 0.6 is 0 Å². The predicted octanol–water partition coefficient (Wildman–Crippen LogP) is 1.01. The van der Waals surface area contributed by atoms with Gasteiger partial charge in [-0.15, -0.1) is 0 Å². The molecule has 2 fully saturated rings. The summed E-state index contributed by atoms with van der Waals surface area (Å²) in [5, 5.41) is 14.3. The van der Waals surface area contributed by atoms with Crippen molar-refractivity contribution in [2.45, 2.75) is 63.1 Å². The monoisotopic (exact) mass is 212 g/mol. The highest BCUT2D eigenvalue weighted by Crippen LogP contribution is 2.39. The maximum absolute atomic E-state index is 10.7. The molecule has 0 aromatic heterocycles. The second kappa shape index (κ2) is 4.40. The van der Waals surface area contributed by atoms with Crippen molar-refractivity contribution in [3.05, 3.63) is 0 Å². The fourth-order valence-corrected chi connectivity index (χ4v) is 3.45. The van der Waals surface area contributed by atoms with Crippen molar-refractivity contribution in [2.75, 3.05) is 6.54 Å². The van der Waals surface area contributed by atoms with Crippen molar-refractivity contribution in [3.63, 3.8) is 0 Å². The molecule has 2 aliphatic heterocycles. The summed E-state index contributed by atoms with van der Waals surface area (Å²) in [6, 6.07) is 1.08. The lowest BCUT2D eigenvalue weighted by Gasteiger charge is -2.42. The number of hydrogen-bond acceptors (Lipinski definition) is 3. The van der Waals surface area contributed by atoms with E-state index in [9.17, 15) is 5.11 Å². The van der Waals surface area contributed by atoms with Crippen LogP contribution in [-0.2, 0) is 0 Å². The van der Waals surface area contributed by atoms with Crippen molar-refractivity contribution in [3.8, 4) is 0 Å². The fourth-order valence-electron chi connectivity index (χ4n) is 3.45. The molecule has 3 nitrogen and oxygen atoms in total. The zero-order valence-electron chi connectivity index (χ0n) is 9.71. The number of aliphatic hydroxyl groups is 1. The summed E-state index contributed by atoms with van der Waals surface area (Å²) in [6.45, 7) is 2.80. The molecular weight excluding hydrogens is 188 g/mol. The molecule has 0 aromatic carbocycles. The molecule has 0 amide bonds. The molecule has 2 heterocycles. The second-order valence-electron chi connectivity index (χ2n) is 5.37. The molecule has 2 bridgehead atoms. The summed E-state index contributed by atoms with van der Waals surface area (Å²) in [6.07, 6.45) is 6.46. The van der Waals surface area contributed by atoms with Gasteiger partial charge in [0.2, 0.25) is 0 Å². The molecule has 0 radical (unpaired) electrons. The Morgan fingerprint density at radius 1 is 1.40 bits per heavy atom. The summed E-state index contributed by atoms with van der Waals surface area (Å²) >= 11 is 0. The van der Waals surface area contributed by atoms with Crippen molar-refractivity contribution >= 4 is 0 Å². The molecule has 2 rings (SSSR count). The third-order valence-corrected chi connectivity index (χ3v) is 4.22. The second-order valence-corrected chi connectivity index (χ2v) is 5.37. The Bertz CT molecular complexity index is 208. The summed E-state index contributed by atoms with van der Waals surface area (Å²) in [5.41, 5.74) is 5.32. The van der Waals surface area contributed by atoms with E-state index in [4.69, 9.17) is 5.73 Å². The molecule has 0 aromatic rings. The van der Waals surface area contributed by atoms with Gasteiger partial charge in [-0.1, -0.05) is 13.3 Å². The zero-order valence-corrected chi connectivity index (χ0v) is 9.71. The van der Waals surface area contributed by atoms with Gasteiger partial charge in [0.1, 0.15) is 0 Å². The Morgan fingerprint density at radius 2 is 2.00 bits per heavy atom. The first-order valence-electron chi connectivity index (χ1n) is 6.36. The van der Waals surface area contributed by atoms with Gasteiger partial charge >= 0.3 is 0 Å². The summed E-state index contributed by atoms with van der Waals surface area (Å²) in [7, 11) is 0. The minimum absolute atomic E-state index is 0.299. The molecule has 3 atom stereocenters. The number of rotatable bonds is 4. The van der Waals surface area contributed by atoms with Gasteiger partial charge in [0.25, 0.3) is 0 Å². The molecule has 0 spiro atoms. The first-order valence-corrected chi connectivity index (χ1v) is 6.36. The maximum atomic E-state index is 10.7. The lowest BCUT2D eigenvalue weighted by molar-refractivity contribution is -0.0573. The van der Waals surface area contributed by atoms with Crippen LogP contribution in [0.1, 0.15) is 45.4 Å². The van der Waals surface area contributed by atoms with E-state index in [1.165, 1.54) is 12.8 Å². The number of fused-ring (bicyclic) bond motifs is 2. The Labute approximate surface area is 92.4 Å². The average molecular weight is 212 g/mol. The van der Waals surface area contributed by atoms with Crippen LogP contribution in [0.2, 0.25) is 0 Å². The maximum Gasteiger partial charge on any atom is 0.0717 e. The quantitative estimate of drug-likeness (QED) is 0.652. The molecule has 0 saturated carbocycles. The zero-order chi connectivity index (χ0) is 10.9. The first kappa shape index (κ1) is 11.4. The number of nitrogens with two attached hydrogens (primary N) is 1. The highest BCUT2D eigenvalue weighted by Gasteiger charge is 2.45. The standard InChI is InChI=1S/C12H24N2O/c1-2-3-9(8-13)12(15)6-10-4-5-11(7-12)14-10/h9-11,14-15H,2-8,13H2,1H3. The van der Waals surface area contributed by atoms with Crippen molar-refractivity contribution in [2.24, 2.45) is 11.7 Å². The molecule has 88 valence electrons. The van der Waals surface area contributed by atoms with E-state index in [-0.39, 0.29) is 0 Å². The van der Waals surface area contributed by atoms with E-state index in [0.29, 0.717) is 24.5 Å². The molecule has 3 unspecified atom stereocenters. The molecular formula is C12H24N2O. The highest BCUT2D eigenvalue weighted by atomic mass is 16.3. The van der Waals surface area contributed by atoms with E-state index in [1.54, 1.807) is 0 Å². The molecule has 4 N–H and O–H groups in total. The van der Waals surface area contributed by atoms with E-state index in [1.807, 2.05) is 0 Å². The summed E-state index contributed by atoms with van der Waals surface area (Å²) < 4.78 is 0. The van der Waals surface area contributed by atoms with E-state index in [0.717, 1.165) is 25.7 Å². The highest BCUT2D eigenvalue weighted by molar-refractivity contribution is 5.02. The topological polar surface area (TPSA) is 58.3 Å². The normalized spacial score (nSPS) is 41.8. The van der Waals surface area contributed by atoms with Crippen molar-refractivity contribution < 1.29 is 5.11 Å². The average Bonchev–Trinajstić information content (AvgIpc) is 2.55. The van der Waals surface area contributed by atoms with Crippen LogP contribution in [0.25, 0.3) is 0 Å². The SMILES string of the molecule is CCCC(CN)C1(O)CC2CCC(C1)N2.